The minimum Gasteiger partial charge on any atom is -0.494 e. The van der Waals surface area contributed by atoms with Crippen molar-refractivity contribution in [3.05, 3.63) is 58.6 Å². The molecule has 0 bridgehead atoms. The molecule has 0 atom stereocenters. The number of hydrogen-bond acceptors (Lipinski definition) is 8. The largest absolute Gasteiger partial charge is 0.494 e. The third-order valence-corrected chi connectivity index (χ3v) is 10.2. The molecule has 9 nitrogen and oxygen atoms in total. The van der Waals surface area contributed by atoms with E-state index in [9.17, 15) is 4.79 Å². The van der Waals surface area contributed by atoms with Gasteiger partial charge in [-0.05, 0) is 88.5 Å². The fraction of sp³-hybridized carbons (Fsp3) is 0.543. The maximum atomic E-state index is 12.6. The molecule has 2 aromatic carbocycles. The number of likely N-dealkylation sites (tertiary alicyclic amines) is 2. The van der Waals surface area contributed by atoms with Crippen LogP contribution in [0.2, 0.25) is 10.0 Å². The Labute approximate surface area is 282 Å². The van der Waals surface area contributed by atoms with Crippen LogP contribution in [0.3, 0.4) is 0 Å². The number of carbonyl (C=O) groups excluding carboxylic acids is 1. The second-order valence-corrected chi connectivity index (χ2v) is 13.2. The van der Waals surface area contributed by atoms with Crippen LogP contribution in [0.4, 0.5) is 10.5 Å². The molecule has 0 unspecified atom stereocenters. The van der Waals surface area contributed by atoms with E-state index < -0.39 is 0 Å². The lowest BCUT2D eigenvalue weighted by Crippen LogP contribution is -2.48. The Hall–Kier alpha value is -2.98. The van der Waals surface area contributed by atoms with E-state index in [1.165, 1.54) is 32.4 Å². The van der Waals surface area contributed by atoms with Gasteiger partial charge in [-0.15, -0.1) is 0 Å². The van der Waals surface area contributed by atoms with Crippen LogP contribution in [0.1, 0.15) is 44.9 Å². The van der Waals surface area contributed by atoms with Gasteiger partial charge in [-0.25, -0.2) is 9.78 Å². The van der Waals surface area contributed by atoms with Crippen LogP contribution in [0, 0.1) is 0 Å². The van der Waals surface area contributed by atoms with E-state index >= 15 is 0 Å². The van der Waals surface area contributed by atoms with Gasteiger partial charge in [0.1, 0.15) is 5.75 Å². The summed E-state index contributed by atoms with van der Waals surface area (Å²) in [6, 6.07) is 16.1. The summed E-state index contributed by atoms with van der Waals surface area (Å²) in [5.74, 6) is 1.20. The SMILES string of the molecule is O=C(OCOc1ccc2ccc(OCCCCN3CCN(c4cccc(Cl)c4Cl)CC3)cc2n1)N1CCC(N2CCCCC2)CC1. The maximum Gasteiger partial charge on any atom is 0.412 e. The van der Waals surface area contributed by atoms with Crippen LogP contribution in [-0.2, 0) is 4.74 Å². The van der Waals surface area contributed by atoms with Gasteiger partial charge < -0.3 is 28.9 Å². The topological polar surface area (TPSA) is 70.6 Å². The number of hydrogen-bond donors (Lipinski definition) is 0. The Morgan fingerprint density at radius 1 is 0.848 bits per heavy atom. The highest BCUT2D eigenvalue weighted by Gasteiger charge is 2.28. The van der Waals surface area contributed by atoms with Crippen molar-refractivity contribution in [2.24, 2.45) is 0 Å². The van der Waals surface area contributed by atoms with E-state index in [1.54, 1.807) is 11.0 Å². The molecule has 4 heterocycles. The third kappa shape index (κ3) is 8.68. The number of rotatable bonds is 11. The molecule has 6 rings (SSSR count). The molecule has 0 aliphatic carbocycles. The minimum absolute atomic E-state index is 0.164. The summed E-state index contributed by atoms with van der Waals surface area (Å²) in [7, 11) is 0. The first-order chi connectivity index (χ1) is 22.5. The monoisotopic (exact) mass is 669 g/mol. The maximum absolute atomic E-state index is 12.6. The molecule has 11 heteroatoms. The predicted molar refractivity (Wildman–Crippen MR) is 184 cm³/mol. The second kappa shape index (κ2) is 16.2. The first-order valence-electron chi connectivity index (χ1n) is 16.8. The van der Waals surface area contributed by atoms with Gasteiger partial charge >= 0.3 is 6.09 Å². The number of halogens is 2. The minimum atomic E-state index is -0.321. The van der Waals surface area contributed by atoms with Crippen LogP contribution in [-0.4, -0.2) is 104 Å². The summed E-state index contributed by atoms with van der Waals surface area (Å²) < 4.78 is 17.2. The highest BCUT2D eigenvalue weighted by Crippen LogP contribution is 2.33. The molecule has 3 aliphatic rings. The Bertz CT molecular complexity index is 1440. The molecule has 3 saturated heterocycles. The van der Waals surface area contributed by atoms with Gasteiger partial charge in [0.15, 0.2) is 0 Å². The Morgan fingerprint density at radius 2 is 1.63 bits per heavy atom. The molecule has 0 saturated carbocycles. The summed E-state index contributed by atoms with van der Waals surface area (Å²) in [6.07, 6.45) is 7.65. The van der Waals surface area contributed by atoms with Crippen molar-refractivity contribution in [2.45, 2.75) is 51.0 Å². The van der Waals surface area contributed by atoms with Gasteiger partial charge in [0.05, 0.1) is 27.9 Å². The zero-order valence-corrected chi connectivity index (χ0v) is 28.1. The molecule has 46 heavy (non-hydrogen) atoms. The van der Waals surface area contributed by atoms with Gasteiger partial charge in [-0.1, -0.05) is 35.7 Å². The lowest BCUT2D eigenvalue weighted by Gasteiger charge is -2.39. The van der Waals surface area contributed by atoms with Crippen LogP contribution in [0.5, 0.6) is 11.6 Å². The van der Waals surface area contributed by atoms with Crippen molar-refractivity contribution in [1.29, 1.82) is 0 Å². The van der Waals surface area contributed by atoms with Crippen molar-refractivity contribution in [3.8, 4) is 11.6 Å². The number of benzene rings is 2. The summed E-state index contributed by atoms with van der Waals surface area (Å²) >= 11 is 12.6. The normalized spacial score (nSPS) is 18.6. The van der Waals surface area contributed by atoms with Gasteiger partial charge in [0.25, 0.3) is 0 Å². The van der Waals surface area contributed by atoms with E-state index in [2.05, 4.69) is 19.7 Å². The van der Waals surface area contributed by atoms with Gasteiger partial charge in [0, 0.05) is 62.8 Å². The number of piperidine rings is 2. The second-order valence-electron chi connectivity index (χ2n) is 12.4. The molecule has 0 radical (unpaired) electrons. The number of carbonyl (C=O) groups is 1. The lowest BCUT2D eigenvalue weighted by atomic mass is 10.0. The highest BCUT2D eigenvalue weighted by molar-refractivity contribution is 6.43. The van der Waals surface area contributed by atoms with E-state index in [-0.39, 0.29) is 12.9 Å². The number of unbranched alkanes of at least 4 members (excludes halogenated alkanes) is 1. The molecular formula is C35H45Cl2N5O4. The summed E-state index contributed by atoms with van der Waals surface area (Å²) in [5, 5.41) is 2.23. The Morgan fingerprint density at radius 3 is 2.43 bits per heavy atom. The molecule has 3 aliphatic heterocycles. The summed E-state index contributed by atoms with van der Waals surface area (Å²) in [6.45, 7) is 9.25. The fourth-order valence-electron chi connectivity index (χ4n) is 6.75. The quantitative estimate of drug-likeness (QED) is 0.161. The first kappa shape index (κ1) is 32.9. The number of amides is 1. The van der Waals surface area contributed by atoms with Crippen molar-refractivity contribution in [3.63, 3.8) is 0 Å². The Balaban J connectivity index is 0.877. The van der Waals surface area contributed by atoms with Crippen molar-refractivity contribution in [2.75, 3.05) is 77.2 Å². The van der Waals surface area contributed by atoms with Crippen LogP contribution in [0.25, 0.3) is 10.9 Å². The van der Waals surface area contributed by atoms with E-state index in [1.807, 2.05) is 42.5 Å². The highest BCUT2D eigenvalue weighted by atomic mass is 35.5. The molecule has 248 valence electrons. The molecule has 3 fully saturated rings. The third-order valence-electron chi connectivity index (χ3n) is 9.44. The zero-order valence-electron chi connectivity index (χ0n) is 26.5. The van der Waals surface area contributed by atoms with Crippen LogP contribution in [0.15, 0.2) is 48.5 Å². The molecule has 1 aromatic heterocycles. The first-order valence-corrected chi connectivity index (χ1v) is 17.5. The fourth-order valence-corrected chi connectivity index (χ4v) is 7.17. The molecular weight excluding hydrogens is 625 g/mol. The standard InChI is InChI=1S/C35H45Cl2N5O4/c36-30-7-6-8-32(34(30)37)41-22-20-39(21-23-41)15-4-5-24-44-29-11-9-27-10-12-33(38-31(27)25-29)45-26-46-35(43)42-18-13-28(14-19-42)40-16-2-1-3-17-40/h6-12,25,28H,1-5,13-24,26H2. The number of anilines is 1. The summed E-state index contributed by atoms with van der Waals surface area (Å²) in [4.78, 5) is 26.4. The van der Waals surface area contributed by atoms with Gasteiger partial charge in [0.2, 0.25) is 12.7 Å². The lowest BCUT2D eigenvalue weighted by molar-refractivity contribution is 0.0212. The van der Waals surface area contributed by atoms with Crippen molar-refractivity contribution < 1.29 is 19.0 Å². The summed E-state index contributed by atoms with van der Waals surface area (Å²) in [5.41, 5.74) is 1.79. The number of ether oxygens (including phenoxy) is 3. The number of piperazine rings is 1. The number of aromatic nitrogens is 1. The van der Waals surface area contributed by atoms with E-state index in [0.29, 0.717) is 28.6 Å². The molecule has 3 aromatic rings. The Kier molecular flexibility index (Phi) is 11.6. The van der Waals surface area contributed by atoms with Crippen molar-refractivity contribution >= 4 is 45.9 Å². The predicted octanol–water partition coefficient (Wildman–Crippen LogP) is 6.95. The molecule has 0 spiro atoms. The van der Waals surface area contributed by atoms with E-state index in [0.717, 1.165) is 93.8 Å². The van der Waals surface area contributed by atoms with Gasteiger partial charge in [-0.2, -0.15) is 0 Å². The molecule has 0 N–H and O–H groups in total. The molecule has 1 amide bonds. The number of fused-ring (bicyclic) bond motifs is 1. The zero-order chi connectivity index (χ0) is 31.7. The van der Waals surface area contributed by atoms with Gasteiger partial charge in [-0.3, -0.25) is 4.90 Å². The number of nitrogens with zero attached hydrogens (tertiary/aromatic N) is 5. The van der Waals surface area contributed by atoms with Crippen molar-refractivity contribution in [1.82, 2.24) is 19.7 Å². The van der Waals surface area contributed by atoms with Crippen LogP contribution >= 0.6 is 23.2 Å². The average molecular weight is 671 g/mol. The van der Waals surface area contributed by atoms with E-state index in [4.69, 9.17) is 37.4 Å². The average Bonchev–Trinajstić information content (AvgIpc) is 3.10. The number of pyridine rings is 1. The smallest absolute Gasteiger partial charge is 0.412 e. The van der Waals surface area contributed by atoms with Crippen LogP contribution < -0.4 is 14.4 Å².